The van der Waals surface area contributed by atoms with Gasteiger partial charge in [-0.3, -0.25) is 4.90 Å². The van der Waals surface area contributed by atoms with Crippen molar-refractivity contribution in [3.05, 3.63) is 15.6 Å². The molecule has 3 nitrogen and oxygen atoms in total. The molecule has 0 saturated carbocycles. The Morgan fingerprint density at radius 3 is 2.72 bits per heavy atom. The molecule has 0 amide bonds. The number of rotatable bonds is 2. The van der Waals surface area contributed by atoms with E-state index < -0.39 is 0 Å². The molecule has 1 fully saturated rings. The van der Waals surface area contributed by atoms with Gasteiger partial charge in [-0.25, -0.2) is 4.98 Å². The van der Waals surface area contributed by atoms with Crippen molar-refractivity contribution in [2.24, 2.45) is 0 Å². The SMILES string of the molecule is Cc1nc(C)c(C(C)N2CCCNC(C)(C)C2)s1. The largest absolute Gasteiger partial charge is 0.310 e. The highest BCUT2D eigenvalue weighted by molar-refractivity contribution is 7.11. The predicted molar refractivity (Wildman–Crippen MR) is 78.3 cm³/mol. The summed E-state index contributed by atoms with van der Waals surface area (Å²) in [6.45, 7) is 14.5. The van der Waals surface area contributed by atoms with E-state index >= 15 is 0 Å². The molecule has 1 aromatic rings. The first-order valence-electron chi connectivity index (χ1n) is 6.82. The molecule has 1 N–H and O–H groups in total. The minimum atomic E-state index is 0.207. The number of nitrogens with zero attached hydrogens (tertiary/aromatic N) is 2. The highest BCUT2D eigenvalue weighted by Gasteiger charge is 2.28. The highest BCUT2D eigenvalue weighted by atomic mass is 32.1. The van der Waals surface area contributed by atoms with Crippen molar-refractivity contribution in [1.82, 2.24) is 15.2 Å². The lowest BCUT2D eigenvalue weighted by atomic mass is 10.0. The van der Waals surface area contributed by atoms with E-state index in [1.54, 1.807) is 0 Å². The first kappa shape index (κ1) is 14.0. The third-order valence-electron chi connectivity index (χ3n) is 3.69. The summed E-state index contributed by atoms with van der Waals surface area (Å²) in [7, 11) is 0. The summed E-state index contributed by atoms with van der Waals surface area (Å²) in [5.74, 6) is 0. The summed E-state index contributed by atoms with van der Waals surface area (Å²) in [6.07, 6.45) is 1.23. The summed E-state index contributed by atoms with van der Waals surface area (Å²) >= 11 is 1.85. The Hall–Kier alpha value is -0.450. The zero-order valence-electron chi connectivity index (χ0n) is 12.2. The van der Waals surface area contributed by atoms with Crippen LogP contribution in [0.1, 0.15) is 48.8 Å². The van der Waals surface area contributed by atoms with Gasteiger partial charge in [-0.1, -0.05) is 0 Å². The summed E-state index contributed by atoms with van der Waals surface area (Å²) in [5.41, 5.74) is 1.42. The van der Waals surface area contributed by atoms with Gasteiger partial charge in [0, 0.05) is 29.5 Å². The molecule has 0 radical (unpaired) electrons. The summed E-state index contributed by atoms with van der Waals surface area (Å²) in [6, 6.07) is 0.482. The van der Waals surface area contributed by atoms with Crippen LogP contribution < -0.4 is 5.32 Å². The van der Waals surface area contributed by atoms with Crippen LogP contribution in [0, 0.1) is 13.8 Å². The third-order valence-corrected chi connectivity index (χ3v) is 4.93. The van der Waals surface area contributed by atoms with Gasteiger partial charge in [-0.05, 0) is 47.6 Å². The average Bonchev–Trinajstić information content (AvgIpc) is 2.49. The maximum absolute atomic E-state index is 4.56. The van der Waals surface area contributed by atoms with Crippen LogP contribution >= 0.6 is 11.3 Å². The van der Waals surface area contributed by atoms with Gasteiger partial charge >= 0.3 is 0 Å². The second-order valence-corrected chi connectivity index (χ2v) is 7.23. The fourth-order valence-electron chi connectivity index (χ4n) is 2.78. The third kappa shape index (κ3) is 3.11. The van der Waals surface area contributed by atoms with E-state index in [2.05, 4.69) is 49.8 Å². The molecule has 102 valence electrons. The predicted octanol–water partition coefficient (Wildman–Crippen LogP) is 2.89. The summed E-state index contributed by atoms with van der Waals surface area (Å²) in [5, 5.41) is 4.81. The van der Waals surface area contributed by atoms with Crippen molar-refractivity contribution < 1.29 is 0 Å². The van der Waals surface area contributed by atoms with Crippen molar-refractivity contribution in [3.8, 4) is 0 Å². The topological polar surface area (TPSA) is 28.2 Å². The molecule has 1 aliphatic heterocycles. The van der Waals surface area contributed by atoms with E-state index in [0.29, 0.717) is 6.04 Å². The van der Waals surface area contributed by atoms with E-state index in [1.807, 2.05) is 11.3 Å². The molecule has 18 heavy (non-hydrogen) atoms. The average molecular weight is 267 g/mol. The molecule has 1 atom stereocenters. The highest BCUT2D eigenvalue weighted by Crippen LogP contribution is 2.30. The molecule has 1 aliphatic rings. The molecule has 0 spiro atoms. The van der Waals surface area contributed by atoms with E-state index in [-0.39, 0.29) is 5.54 Å². The van der Waals surface area contributed by atoms with Crippen LogP contribution in [-0.4, -0.2) is 35.1 Å². The van der Waals surface area contributed by atoms with E-state index in [1.165, 1.54) is 28.5 Å². The number of aryl methyl sites for hydroxylation is 2. The van der Waals surface area contributed by atoms with E-state index in [0.717, 1.165) is 13.1 Å². The molecule has 2 heterocycles. The molecule has 1 unspecified atom stereocenters. The summed E-state index contributed by atoms with van der Waals surface area (Å²) < 4.78 is 0. The quantitative estimate of drug-likeness (QED) is 0.893. The van der Waals surface area contributed by atoms with Crippen LogP contribution in [0.5, 0.6) is 0 Å². The van der Waals surface area contributed by atoms with Gasteiger partial charge in [0.05, 0.1) is 10.7 Å². The van der Waals surface area contributed by atoms with Crippen molar-refractivity contribution in [2.45, 2.75) is 52.6 Å². The van der Waals surface area contributed by atoms with Crippen LogP contribution in [-0.2, 0) is 0 Å². The van der Waals surface area contributed by atoms with Crippen molar-refractivity contribution in [1.29, 1.82) is 0 Å². The van der Waals surface area contributed by atoms with Gasteiger partial charge in [-0.15, -0.1) is 11.3 Å². The Morgan fingerprint density at radius 2 is 2.11 bits per heavy atom. The van der Waals surface area contributed by atoms with Gasteiger partial charge in [0.2, 0.25) is 0 Å². The lowest BCUT2D eigenvalue weighted by Crippen LogP contribution is -2.46. The van der Waals surface area contributed by atoms with Crippen LogP contribution in [0.4, 0.5) is 0 Å². The first-order valence-corrected chi connectivity index (χ1v) is 7.64. The second-order valence-electron chi connectivity index (χ2n) is 5.99. The number of aromatic nitrogens is 1. The first-order chi connectivity index (χ1) is 8.39. The zero-order chi connectivity index (χ0) is 13.3. The van der Waals surface area contributed by atoms with Crippen molar-refractivity contribution in [3.63, 3.8) is 0 Å². The van der Waals surface area contributed by atoms with Crippen LogP contribution in [0.3, 0.4) is 0 Å². The number of hydrogen-bond donors (Lipinski definition) is 1. The summed E-state index contributed by atoms with van der Waals surface area (Å²) in [4.78, 5) is 8.60. The second kappa shape index (κ2) is 5.27. The molecule has 2 rings (SSSR count). The zero-order valence-corrected chi connectivity index (χ0v) is 13.0. The maximum Gasteiger partial charge on any atom is 0.0900 e. The fraction of sp³-hybridized carbons (Fsp3) is 0.786. The molecule has 0 bridgehead atoms. The smallest absolute Gasteiger partial charge is 0.0900 e. The van der Waals surface area contributed by atoms with Gasteiger partial charge in [0.25, 0.3) is 0 Å². The fourth-order valence-corrected chi connectivity index (χ4v) is 3.80. The van der Waals surface area contributed by atoms with Gasteiger partial charge in [0.15, 0.2) is 0 Å². The number of hydrogen-bond acceptors (Lipinski definition) is 4. The number of nitrogens with one attached hydrogen (secondary N) is 1. The van der Waals surface area contributed by atoms with Crippen molar-refractivity contribution in [2.75, 3.05) is 19.6 Å². The Balaban J connectivity index is 2.17. The normalized spacial score (nSPS) is 22.7. The van der Waals surface area contributed by atoms with Crippen LogP contribution in [0.15, 0.2) is 0 Å². The molecular weight excluding hydrogens is 242 g/mol. The van der Waals surface area contributed by atoms with E-state index in [9.17, 15) is 0 Å². The monoisotopic (exact) mass is 267 g/mol. The minimum absolute atomic E-state index is 0.207. The van der Waals surface area contributed by atoms with Gasteiger partial charge in [-0.2, -0.15) is 0 Å². The molecule has 0 aromatic carbocycles. The Labute approximate surface area is 115 Å². The standard InChI is InChI=1S/C14H25N3S/c1-10-13(18-12(3)16-10)11(2)17-8-6-7-15-14(4,5)9-17/h11,15H,6-9H2,1-5H3. The Kier molecular flexibility index (Phi) is 4.09. The van der Waals surface area contributed by atoms with Crippen molar-refractivity contribution >= 4 is 11.3 Å². The number of thiazole rings is 1. The van der Waals surface area contributed by atoms with Gasteiger partial charge in [0.1, 0.15) is 0 Å². The van der Waals surface area contributed by atoms with Crippen LogP contribution in [0.25, 0.3) is 0 Å². The lowest BCUT2D eigenvalue weighted by molar-refractivity contribution is 0.182. The molecule has 4 heteroatoms. The Morgan fingerprint density at radius 1 is 1.39 bits per heavy atom. The maximum atomic E-state index is 4.56. The van der Waals surface area contributed by atoms with E-state index in [4.69, 9.17) is 0 Å². The molecule has 1 aromatic heterocycles. The molecular formula is C14H25N3S. The molecule has 1 saturated heterocycles. The van der Waals surface area contributed by atoms with Crippen LogP contribution in [0.2, 0.25) is 0 Å². The lowest BCUT2D eigenvalue weighted by Gasteiger charge is -2.33. The molecule has 0 aliphatic carbocycles. The van der Waals surface area contributed by atoms with Gasteiger partial charge < -0.3 is 5.32 Å². The Bertz CT molecular complexity index is 411. The minimum Gasteiger partial charge on any atom is -0.310 e.